The summed E-state index contributed by atoms with van der Waals surface area (Å²) in [4.78, 5) is 6.38. The molecule has 4 rings (SSSR count). The molecule has 0 radical (unpaired) electrons. The van der Waals surface area contributed by atoms with E-state index in [4.69, 9.17) is 11.6 Å². The van der Waals surface area contributed by atoms with Gasteiger partial charge in [-0.05, 0) is 41.4 Å². The van der Waals surface area contributed by atoms with Gasteiger partial charge in [0.05, 0.1) is 17.8 Å². The standard InChI is InChI=1S/C24H27ClF3N3/c1-23(2,3)19-7-5-4-6-18(19)16-8-11-30(12-9-16)20-10-13-31-17(14-24(26,27)28)15-29-22(31)21(20)25/h4-7,10,13,15-16H,8-9,11-12,14H2,1-3H3. The summed E-state index contributed by atoms with van der Waals surface area (Å²) < 4.78 is 39.9. The van der Waals surface area contributed by atoms with Gasteiger partial charge >= 0.3 is 6.18 Å². The van der Waals surface area contributed by atoms with Gasteiger partial charge in [-0.3, -0.25) is 0 Å². The molecule has 2 aromatic heterocycles. The molecule has 0 aliphatic carbocycles. The maximum atomic E-state index is 12.8. The first kappa shape index (κ1) is 22.0. The van der Waals surface area contributed by atoms with Crippen LogP contribution in [0.1, 0.15) is 56.4 Å². The number of rotatable bonds is 3. The van der Waals surface area contributed by atoms with Crippen LogP contribution in [0.2, 0.25) is 5.02 Å². The topological polar surface area (TPSA) is 20.5 Å². The summed E-state index contributed by atoms with van der Waals surface area (Å²) in [5.41, 5.74) is 4.20. The fourth-order valence-corrected chi connectivity index (χ4v) is 4.93. The van der Waals surface area contributed by atoms with Crippen molar-refractivity contribution in [1.29, 1.82) is 0 Å². The second kappa shape index (κ2) is 8.05. The Morgan fingerprint density at radius 1 is 1.06 bits per heavy atom. The molecular weight excluding hydrogens is 423 g/mol. The normalized spacial score (nSPS) is 16.3. The third-order valence-corrected chi connectivity index (χ3v) is 6.46. The number of fused-ring (bicyclic) bond motifs is 1. The summed E-state index contributed by atoms with van der Waals surface area (Å²) in [5, 5.41) is 0.407. The van der Waals surface area contributed by atoms with Gasteiger partial charge in [-0.25, -0.2) is 4.98 Å². The van der Waals surface area contributed by atoms with Crippen LogP contribution in [0.5, 0.6) is 0 Å². The molecule has 166 valence electrons. The fourth-order valence-electron chi connectivity index (χ4n) is 4.61. The summed E-state index contributed by atoms with van der Waals surface area (Å²) in [5.74, 6) is 0.485. The lowest BCUT2D eigenvalue weighted by Crippen LogP contribution is -2.34. The minimum atomic E-state index is -4.29. The highest BCUT2D eigenvalue weighted by atomic mass is 35.5. The van der Waals surface area contributed by atoms with E-state index >= 15 is 0 Å². The maximum Gasteiger partial charge on any atom is 0.394 e. The number of nitrogens with zero attached hydrogens (tertiary/aromatic N) is 3. The number of imidazole rings is 1. The van der Waals surface area contributed by atoms with Crippen molar-refractivity contribution in [3.63, 3.8) is 0 Å². The van der Waals surface area contributed by atoms with Crippen LogP contribution in [0.3, 0.4) is 0 Å². The van der Waals surface area contributed by atoms with Gasteiger partial charge in [-0.1, -0.05) is 56.6 Å². The Labute approximate surface area is 185 Å². The zero-order chi connectivity index (χ0) is 22.4. The molecule has 3 nitrogen and oxygen atoms in total. The summed E-state index contributed by atoms with van der Waals surface area (Å²) in [7, 11) is 0. The molecule has 0 N–H and O–H groups in total. The zero-order valence-electron chi connectivity index (χ0n) is 18.0. The highest BCUT2D eigenvalue weighted by Gasteiger charge is 2.30. The Kier molecular flexibility index (Phi) is 5.71. The summed E-state index contributed by atoms with van der Waals surface area (Å²) in [6, 6.07) is 10.5. The third kappa shape index (κ3) is 4.54. The molecule has 0 unspecified atom stereocenters. The Balaban J connectivity index is 1.54. The van der Waals surface area contributed by atoms with E-state index in [2.05, 4.69) is 54.9 Å². The molecule has 0 atom stereocenters. The number of aromatic nitrogens is 2. The Hall–Kier alpha value is -2.21. The second-order valence-corrected chi connectivity index (χ2v) is 9.73. The van der Waals surface area contributed by atoms with E-state index < -0.39 is 12.6 Å². The van der Waals surface area contributed by atoms with Crippen molar-refractivity contribution in [2.45, 2.75) is 57.5 Å². The van der Waals surface area contributed by atoms with Crippen molar-refractivity contribution in [1.82, 2.24) is 9.38 Å². The molecule has 31 heavy (non-hydrogen) atoms. The third-order valence-electron chi connectivity index (χ3n) is 6.10. The second-order valence-electron chi connectivity index (χ2n) is 9.35. The van der Waals surface area contributed by atoms with Crippen LogP contribution in [0, 0.1) is 0 Å². The van der Waals surface area contributed by atoms with Crippen LogP contribution in [0.4, 0.5) is 18.9 Å². The van der Waals surface area contributed by atoms with Gasteiger partial charge in [0.1, 0.15) is 5.02 Å². The van der Waals surface area contributed by atoms with Gasteiger partial charge in [-0.15, -0.1) is 0 Å². The number of benzene rings is 1. The molecule has 3 heterocycles. The van der Waals surface area contributed by atoms with Crippen molar-refractivity contribution in [3.05, 3.63) is 64.6 Å². The summed E-state index contributed by atoms with van der Waals surface area (Å²) in [6.45, 7) is 8.42. The number of halogens is 4. The van der Waals surface area contributed by atoms with Crippen LogP contribution < -0.4 is 4.90 Å². The molecule has 1 saturated heterocycles. The quantitative estimate of drug-likeness (QED) is 0.439. The SMILES string of the molecule is CC(C)(C)c1ccccc1C1CCN(c2ccn3c(CC(F)(F)F)cnc3c2Cl)CC1. The molecule has 0 saturated carbocycles. The lowest BCUT2D eigenvalue weighted by Gasteiger charge is -2.36. The zero-order valence-corrected chi connectivity index (χ0v) is 18.8. The fraction of sp³-hybridized carbons (Fsp3) is 0.458. The van der Waals surface area contributed by atoms with E-state index in [1.54, 1.807) is 12.3 Å². The molecule has 0 spiro atoms. The largest absolute Gasteiger partial charge is 0.394 e. The number of anilines is 1. The van der Waals surface area contributed by atoms with Gasteiger partial charge in [0.15, 0.2) is 5.65 Å². The molecule has 1 aliphatic heterocycles. The first-order valence-corrected chi connectivity index (χ1v) is 11.0. The minimum absolute atomic E-state index is 0.0912. The average molecular weight is 450 g/mol. The maximum absolute atomic E-state index is 12.8. The highest BCUT2D eigenvalue weighted by molar-refractivity contribution is 6.36. The molecule has 1 fully saturated rings. The van der Waals surface area contributed by atoms with Crippen LogP contribution in [-0.2, 0) is 11.8 Å². The predicted molar refractivity (Wildman–Crippen MR) is 119 cm³/mol. The van der Waals surface area contributed by atoms with Gasteiger partial charge in [0.25, 0.3) is 0 Å². The van der Waals surface area contributed by atoms with E-state index in [0.29, 0.717) is 16.6 Å². The van der Waals surface area contributed by atoms with Gasteiger partial charge in [-0.2, -0.15) is 13.2 Å². The molecule has 0 bridgehead atoms. The molecule has 1 aliphatic rings. The van der Waals surface area contributed by atoms with Crippen molar-refractivity contribution < 1.29 is 13.2 Å². The predicted octanol–water partition coefficient (Wildman–Crippen LogP) is 6.77. The van der Waals surface area contributed by atoms with Crippen LogP contribution in [0.15, 0.2) is 42.7 Å². The number of piperidine rings is 1. The highest BCUT2D eigenvalue weighted by Crippen LogP contribution is 2.39. The van der Waals surface area contributed by atoms with Crippen LogP contribution in [0.25, 0.3) is 5.65 Å². The van der Waals surface area contributed by atoms with Crippen LogP contribution in [-0.4, -0.2) is 28.7 Å². The number of alkyl halides is 3. The van der Waals surface area contributed by atoms with E-state index in [1.165, 1.54) is 21.7 Å². The lowest BCUT2D eigenvalue weighted by molar-refractivity contribution is -0.127. The van der Waals surface area contributed by atoms with Crippen molar-refractivity contribution in [2.75, 3.05) is 18.0 Å². The Morgan fingerprint density at radius 2 is 1.74 bits per heavy atom. The first-order chi connectivity index (χ1) is 14.5. The Morgan fingerprint density at radius 3 is 2.39 bits per heavy atom. The smallest absolute Gasteiger partial charge is 0.370 e. The number of hydrogen-bond donors (Lipinski definition) is 0. The summed E-state index contributed by atoms with van der Waals surface area (Å²) >= 11 is 6.59. The van der Waals surface area contributed by atoms with Gasteiger partial charge in [0, 0.05) is 25.5 Å². The number of hydrogen-bond acceptors (Lipinski definition) is 2. The minimum Gasteiger partial charge on any atom is -0.370 e. The first-order valence-electron chi connectivity index (χ1n) is 10.6. The van der Waals surface area contributed by atoms with E-state index in [1.807, 2.05) is 0 Å². The van der Waals surface area contributed by atoms with Crippen LogP contribution >= 0.6 is 11.6 Å². The molecule has 1 aromatic carbocycles. The van der Waals surface area contributed by atoms with E-state index in [9.17, 15) is 13.2 Å². The molecule has 3 aromatic rings. The Bertz CT molecular complexity index is 1070. The molecular formula is C24H27ClF3N3. The molecule has 7 heteroatoms. The van der Waals surface area contributed by atoms with Gasteiger partial charge in [0.2, 0.25) is 0 Å². The number of pyridine rings is 1. The summed E-state index contributed by atoms with van der Waals surface area (Å²) in [6.07, 6.45) is -0.404. The lowest BCUT2D eigenvalue weighted by atomic mass is 9.77. The van der Waals surface area contributed by atoms with E-state index in [0.717, 1.165) is 31.6 Å². The van der Waals surface area contributed by atoms with E-state index in [-0.39, 0.29) is 11.1 Å². The van der Waals surface area contributed by atoms with Crippen molar-refractivity contribution >= 4 is 22.9 Å². The van der Waals surface area contributed by atoms with Crippen molar-refractivity contribution in [3.8, 4) is 0 Å². The van der Waals surface area contributed by atoms with Crippen molar-refractivity contribution in [2.24, 2.45) is 0 Å². The van der Waals surface area contributed by atoms with Gasteiger partial charge < -0.3 is 9.30 Å². The monoisotopic (exact) mass is 449 g/mol. The molecule has 0 amide bonds. The average Bonchev–Trinajstić information content (AvgIpc) is 3.10.